The first-order valence-corrected chi connectivity index (χ1v) is 4.43. The van der Waals surface area contributed by atoms with E-state index in [0.717, 1.165) is 0 Å². The molecular weight excluding hydrogens is 239 g/mol. The minimum absolute atomic E-state index is 0.174. The molecule has 13 heavy (non-hydrogen) atoms. The van der Waals surface area contributed by atoms with Crippen molar-refractivity contribution in [2.75, 3.05) is 12.4 Å². The van der Waals surface area contributed by atoms with Crippen molar-refractivity contribution in [2.45, 2.75) is 0 Å². The first kappa shape index (κ1) is 8.50. The lowest BCUT2D eigenvalue weighted by Gasteiger charge is -1.90. The van der Waals surface area contributed by atoms with Crippen LogP contribution in [0.2, 0.25) is 0 Å². The molecule has 0 atom stereocenters. The fraction of sp³-hybridized carbons (Fsp3) is 0.125. The van der Waals surface area contributed by atoms with E-state index in [-0.39, 0.29) is 5.58 Å². The van der Waals surface area contributed by atoms with Gasteiger partial charge in [-0.15, -0.1) is 0 Å². The third-order valence-electron chi connectivity index (χ3n) is 1.62. The van der Waals surface area contributed by atoms with E-state index < -0.39 is 5.82 Å². The quantitative estimate of drug-likeness (QED) is 0.839. The van der Waals surface area contributed by atoms with Crippen LogP contribution in [-0.2, 0) is 0 Å². The third-order valence-corrected chi connectivity index (χ3v) is 2.08. The van der Waals surface area contributed by atoms with Gasteiger partial charge in [-0.3, -0.25) is 0 Å². The van der Waals surface area contributed by atoms with Crippen LogP contribution >= 0.6 is 15.9 Å². The summed E-state index contributed by atoms with van der Waals surface area (Å²) in [7, 11) is 1.66. The average Bonchev–Trinajstić information content (AvgIpc) is 2.47. The van der Waals surface area contributed by atoms with Crippen molar-refractivity contribution in [1.82, 2.24) is 4.98 Å². The van der Waals surface area contributed by atoms with Crippen LogP contribution in [0.4, 0.5) is 10.4 Å². The molecule has 0 bridgehead atoms. The molecule has 68 valence electrons. The monoisotopic (exact) mass is 244 g/mol. The van der Waals surface area contributed by atoms with Crippen molar-refractivity contribution in [1.29, 1.82) is 0 Å². The van der Waals surface area contributed by atoms with Gasteiger partial charge in [-0.1, -0.05) is 15.9 Å². The number of hydrogen-bond acceptors (Lipinski definition) is 3. The van der Waals surface area contributed by atoms with Crippen molar-refractivity contribution in [3.05, 3.63) is 22.4 Å². The summed E-state index contributed by atoms with van der Waals surface area (Å²) in [4.78, 5) is 4.01. The average molecular weight is 245 g/mol. The maximum absolute atomic E-state index is 13.2. The fourth-order valence-electron chi connectivity index (χ4n) is 1.07. The van der Waals surface area contributed by atoms with Gasteiger partial charge in [0.15, 0.2) is 11.4 Å². The van der Waals surface area contributed by atoms with E-state index in [2.05, 4.69) is 26.2 Å². The van der Waals surface area contributed by atoms with Gasteiger partial charge in [0, 0.05) is 11.5 Å². The van der Waals surface area contributed by atoms with Crippen LogP contribution in [0, 0.1) is 5.82 Å². The van der Waals surface area contributed by atoms with Gasteiger partial charge in [0.2, 0.25) is 0 Å². The zero-order valence-corrected chi connectivity index (χ0v) is 8.35. The Morgan fingerprint density at radius 3 is 3.00 bits per heavy atom. The first-order valence-electron chi connectivity index (χ1n) is 3.64. The molecule has 0 aliphatic rings. The number of nitrogens with one attached hydrogen (secondary N) is 1. The molecule has 5 heteroatoms. The molecule has 0 saturated heterocycles. The Morgan fingerprint density at radius 1 is 1.54 bits per heavy atom. The Bertz CT molecular complexity index is 455. The zero-order valence-electron chi connectivity index (χ0n) is 6.77. The number of benzene rings is 1. The minimum Gasteiger partial charge on any atom is -0.420 e. The predicted molar refractivity (Wildman–Crippen MR) is 51.2 cm³/mol. The molecule has 0 radical (unpaired) electrons. The molecule has 0 amide bonds. The summed E-state index contributed by atoms with van der Waals surface area (Å²) in [5.41, 5.74) is 0.670. The Hall–Kier alpha value is -1.10. The fourth-order valence-corrected chi connectivity index (χ4v) is 1.48. The van der Waals surface area contributed by atoms with Gasteiger partial charge in [-0.05, 0) is 12.1 Å². The molecule has 2 aromatic rings. The summed E-state index contributed by atoms with van der Waals surface area (Å²) in [5, 5.41) is 2.70. The minimum atomic E-state index is -0.418. The molecule has 0 unspecified atom stereocenters. The van der Waals surface area contributed by atoms with E-state index in [1.54, 1.807) is 13.1 Å². The van der Waals surface area contributed by atoms with Gasteiger partial charge in [0.25, 0.3) is 6.01 Å². The van der Waals surface area contributed by atoms with E-state index in [0.29, 0.717) is 16.0 Å². The maximum Gasteiger partial charge on any atom is 0.295 e. The Kier molecular flexibility index (Phi) is 1.95. The second-order valence-corrected chi connectivity index (χ2v) is 3.42. The van der Waals surface area contributed by atoms with Gasteiger partial charge in [0.1, 0.15) is 5.52 Å². The largest absolute Gasteiger partial charge is 0.420 e. The smallest absolute Gasteiger partial charge is 0.295 e. The van der Waals surface area contributed by atoms with Crippen molar-refractivity contribution in [3.8, 4) is 0 Å². The molecule has 1 heterocycles. The highest BCUT2D eigenvalue weighted by Crippen LogP contribution is 2.25. The second kappa shape index (κ2) is 2.99. The van der Waals surface area contributed by atoms with E-state index in [1.165, 1.54) is 6.07 Å². The topological polar surface area (TPSA) is 38.1 Å². The zero-order chi connectivity index (χ0) is 9.42. The van der Waals surface area contributed by atoms with Crippen LogP contribution in [0.3, 0.4) is 0 Å². The summed E-state index contributed by atoms with van der Waals surface area (Å²) in [6.07, 6.45) is 0. The van der Waals surface area contributed by atoms with E-state index in [4.69, 9.17) is 4.42 Å². The first-order chi connectivity index (χ1) is 6.20. The molecule has 0 spiro atoms. The molecule has 3 nitrogen and oxygen atoms in total. The summed E-state index contributed by atoms with van der Waals surface area (Å²) >= 11 is 3.17. The van der Waals surface area contributed by atoms with E-state index in [1.807, 2.05) is 0 Å². The van der Waals surface area contributed by atoms with Gasteiger partial charge in [-0.25, -0.2) is 4.39 Å². The summed E-state index contributed by atoms with van der Waals surface area (Å²) < 4.78 is 18.9. The molecule has 0 aliphatic heterocycles. The molecule has 0 fully saturated rings. The van der Waals surface area contributed by atoms with Crippen LogP contribution < -0.4 is 5.32 Å². The van der Waals surface area contributed by atoms with Crippen molar-refractivity contribution in [2.24, 2.45) is 0 Å². The van der Waals surface area contributed by atoms with Crippen LogP contribution in [-0.4, -0.2) is 12.0 Å². The number of rotatable bonds is 1. The van der Waals surface area contributed by atoms with Crippen LogP contribution in [0.25, 0.3) is 11.1 Å². The molecule has 1 aromatic heterocycles. The summed E-state index contributed by atoms with van der Waals surface area (Å²) in [5.74, 6) is -0.418. The molecule has 1 aromatic carbocycles. The Labute approximate surface area is 82.1 Å². The van der Waals surface area contributed by atoms with Gasteiger partial charge in [-0.2, -0.15) is 4.98 Å². The number of fused-ring (bicyclic) bond motifs is 1. The highest BCUT2D eigenvalue weighted by molar-refractivity contribution is 9.10. The highest BCUT2D eigenvalue weighted by atomic mass is 79.9. The highest BCUT2D eigenvalue weighted by Gasteiger charge is 2.09. The second-order valence-electron chi connectivity index (χ2n) is 2.50. The number of aromatic nitrogens is 1. The lowest BCUT2D eigenvalue weighted by atomic mass is 10.3. The normalized spacial score (nSPS) is 10.7. The molecule has 2 rings (SSSR count). The summed E-state index contributed by atoms with van der Waals surface area (Å²) in [6, 6.07) is 3.35. The Balaban J connectivity index is 2.75. The Morgan fingerprint density at radius 2 is 2.31 bits per heavy atom. The summed E-state index contributed by atoms with van der Waals surface area (Å²) in [6.45, 7) is 0. The number of nitrogens with zero attached hydrogens (tertiary/aromatic N) is 1. The van der Waals surface area contributed by atoms with Gasteiger partial charge >= 0.3 is 0 Å². The predicted octanol–water partition coefficient (Wildman–Crippen LogP) is 2.77. The molecule has 1 N–H and O–H groups in total. The van der Waals surface area contributed by atoms with Gasteiger partial charge < -0.3 is 9.73 Å². The number of anilines is 1. The molecule has 0 aliphatic carbocycles. The van der Waals surface area contributed by atoms with Crippen molar-refractivity contribution in [3.63, 3.8) is 0 Å². The third kappa shape index (κ3) is 1.39. The maximum atomic E-state index is 13.2. The van der Waals surface area contributed by atoms with Crippen molar-refractivity contribution >= 4 is 33.0 Å². The van der Waals surface area contributed by atoms with E-state index in [9.17, 15) is 4.39 Å². The molecule has 0 saturated carbocycles. The van der Waals surface area contributed by atoms with Gasteiger partial charge in [0.05, 0.1) is 0 Å². The number of hydrogen-bond donors (Lipinski definition) is 1. The standard InChI is InChI=1S/C8H6BrFN2O/c1-11-8-12-6-3-4(9)2-5(10)7(6)13-8/h2-3H,1H3,(H,11,12). The van der Waals surface area contributed by atoms with E-state index >= 15 is 0 Å². The van der Waals surface area contributed by atoms with Crippen LogP contribution in [0.15, 0.2) is 21.0 Å². The molecular formula is C8H6BrFN2O. The number of halogens is 2. The van der Waals surface area contributed by atoms with Crippen LogP contribution in [0.5, 0.6) is 0 Å². The lowest BCUT2D eigenvalue weighted by Crippen LogP contribution is -1.85. The van der Waals surface area contributed by atoms with Crippen molar-refractivity contribution < 1.29 is 8.81 Å². The lowest BCUT2D eigenvalue weighted by molar-refractivity contribution is 0.564. The SMILES string of the molecule is CNc1nc2cc(Br)cc(F)c2o1. The van der Waals surface area contributed by atoms with Crippen LogP contribution in [0.1, 0.15) is 0 Å². The number of oxazole rings is 1.